The second-order valence-electron chi connectivity index (χ2n) is 13.5. The number of aromatic nitrogens is 6. The summed E-state index contributed by atoms with van der Waals surface area (Å²) in [6.45, 7) is 5.66. The van der Waals surface area contributed by atoms with E-state index >= 15 is 0 Å². The van der Waals surface area contributed by atoms with Crippen molar-refractivity contribution < 1.29 is 17.1 Å². The van der Waals surface area contributed by atoms with Crippen LogP contribution in [0.2, 0.25) is 0 Å². The van der Waals surface area contributed by atoms with Gasteiger partial charge < -0.3 is 9.97 Å². The average molecular weight is 775 g/mol. The maximum absolute atomic E-state index is 4.56. The monoisotopic (exact) mass is 774 g/mol. The minimum atomic E-state index is 0. The Morgan fingerprint density at radius 1 is 0.455 bits per heavy atom. The minimum absolute atomic E-state index is 0. The molecule has 55 heavy (non-hydrogen) atoms. The number of pyridine rings is 4. The Labute approximate surface area is 334 Å². The van der Waals surface area contributed by atoms with Crippen molar-refractivity contribution in [3.05, 3.63) is 192 Å². The third-order valence-corrected chi connectivity index (χ3v) is 9.71. The molecule has 8 aromatic rings. The second kappa shape index (κ2) is 20.9. The van der Waals surface area contributed by atoms with Gasteiger partial charge in [-0.3, -0.25) is 29.7 Å². The van der Waals surface area contributed by atoms with Crippen molar-refractivity contribution in [3.63, 3.8) is 0 Å². The summed E-state index contributed by atoms with van der Waals surface area (Å²) in [5, 5.41) is 2.48. The van der Waals surface area contributed by atoms with Crippen LogP contribution in [0.3, 0.4) is 0 Å². The summed E-state index contributed by atoms with van der Waals surface area (Å²) in [7, 11) is 0. The van der Waals surface area contributed by atoms with E-state index in [1.165, 1.54) is 27.4 Å². The van der Waals surface area contributed by atoms with Crippen molar-refractivity contribution in [2.45, 2.75) is 38.8 Å². The summed E-state index contributed by atoms with van der Waals surface area (Å²) >= 11 is 0. The number of aromatic amines is 1. The molecule has 0 atom stereocenters. The zero-order valence-corrected chi connectivity index (χ0v) is 32.0. The van der Waals surface area contributed by atoms with Crippen molar-refractivity contribution in [1.29, 1.82) is 0 Å². The van der Waals surface area contributed by atoms with Gasteiger partial charge in [0.15, 0.2) is 0 Å². The Hall–Kier alpha value is -5.44. The summed E-state index contributed by atoms with van der Waals surface area (Å²) in [5.74, 6) is 0. The van der Waals surface area contributed by atoms with E-state index in [1.54, 1.807) is 0 Å². The van der Waals surface area contributed by atoms with Crippen molar-refractivity contribution >= 4 is 21.8 Å². The second-order valence-corrected chi connectivity index (χ2v) is 13.5. The van der Waals surface area contributed by atoms with Crippen LogP contribution in [0.5, 0.6) is 0 Å². The van der Waals surface area contributed by atoms with Crippen molar-refractivity contribution in [1.82, 2.24) is 39.7 Å². The van der Waals surface area contributed by atoms with E-state index in [1.807, 2.05) is 61.4 Å². The third kappa shape index (κ3) is 11.8. The molecule has 2 aromatic carbocycles. The van der Waals surface area contributed by atoms with Gasteiger partial charge in [0.05, 0.1) is 0 Å². The van der Waals surface area contributed by atoms with E-state index in [4.69, 9.17) is 0 Å². The number of H-pyrrole nitrogens is 1. The number of nitrogens with one attached hydrogen (secondary N) is 1. The molecule has 0 saturated carbocycles. The first-order valence-electron chi connectivity index (χ1n) is 18.9. The molecule has 0 unspecified atom stereocenters. The Morgan fingerprint density at radius 3 is 1.38 bits per heavy atom. The molecule has 0 aliphatic carbocycles. The fourth-order valence-corrected chi connectivity index (χ4v) is 6.80. The topological polar surface area (TPSA) is 87.9 Å². The number of hydrogen-bond donors (Lipinski definition) is 1. The van der Waals surface area contributed by atoms with Crippen molar-refractivity contribution in [2.75, 3.05) is 26.2 Å². The number of nitrogens with zero attached hydrogens (tertiary/aromatic N) is 7. The first-order chi connectivity index (χ1) is 26.8. The largest absolute Gasteiger partial charge is 2.00 e. The van der Waals surface area contributed by atoms with Crippen LogP contribution in [-0.4, -0.2) is 60.9 Å². The van der Waals surface area contributed by atoms with E-state index in [0.717, 1.165) is 93.2 Å². The summed E-state index contributed by atoms with van der Waals surface area (Å²) in [5.41, 5.74) is 9.49. The first-order valence-corrected chi connectivity index (χ1v) is 18.9. The number of fused-ring (bicyclic) bond motifs is 2. The molecule has 6 aromatic heterocycles. The maximum atomic E-state index is 4.56. The van der Waals surface area contributed by atoms with Gasteiger partial charge in [0.25, 0.3) is 0 Å². The molecule has 8 rings (SSSR count). The van der Waals surface area contributed by atoms with Crippen LogP contribution < -0.4 is 4.98 Å². The summed E-state index contributed by atoms with van der Waals surface area (Å²) < 4.78 is 0. The van der Waals surface area contributed by atoms with Gasteiger partial charge in [-0.15, -0.1) is 5.52 Å². The van der Waals surface area contributed by atoms with Crippen LogP contribution in [0.25, 0.3) is 21.8 Å². The maximum Gasteiger partial charge on any atom is 2.00 e. The molecule has 0 aliphatic rings. The smallest absolute Gasteiger partial charge is 0.663 e. The normalized spacial score (nSPS) is 11.1. The molecule has 281 valence electrons. The Balaban J connectivity index is 0.000000184. The summed E-state index contributed by atoms with van der Waals surface area (Å²) in [6, 6.07) is 41.6. The van der Waals surface area contributed by atoms with E-state index < -0.39 is 0 Å². The molecule has 0 amide bonds. The van der Waals surface area contributed by atoms with Crippen LogP contribution in [-0.2, 0) is 55.8 Å². The van der Waals surface area contributed by atoms with Crippen LogP contribution in [0.15, 0.2) is 159 Å². The standard InChI is InChI=1S/C23H24N4.C23H23N4.Cu/c2*1-3-13-24-21(8-1)11-16-27(17-12-22-9-2-4-14-25-22)18-20-7-5-6-19-10-15-26-23(19)20;/h1-10,13-15,26H,11-12,16-18H2;1-10,13-15H,11-12,16-18H2;/q;-1;+2. The Kier molecular flexibility index (Phi) is 14.9. The molecular weight excluding hydrogens is 728 g/mol. The number of rotatable bonds is 16. The molecule has 0 spiro atoms. The van der Waals surface area contributed by atoms with Gasteiger partial charge >= 0.3 is 17.1 Å². The molecule has 8 nitrogen and oxygen atoms in total. The molecule has 1 N–H and O–H groups in total. The zero-order valence-electron chi connectivity index (χ0n) is 31.0. The zero-order chi connectivity index (χ0) is 36.6. The molecule has 0 saturated heterocycles. The van der Waals surface area contributed by atoms with Gasteiger partial charge in [-0.05, 0) is 76.5 Å². The third-order valence-electron chi connectivity index (χ3n) is 9.71. The first kappa shape index (κ1) is 39.3. The van der Waals surface area contributed by atoms with Gasteiger partial charge in [-0.1, -0.05) is 66.7 Å². The van der Waals surface area contributed by atoms with Gasteiger partial charge in [-0.2, -0.15) is 6.20 Å². The molecule has 1 radical (unpaired) electrons. The number of para-hydroxylation sites is 2. The van der Waals surface area contributed by atoms with E-state index in [-0.39, 0.29) is 17.1 Å². The molecule has 0 fully saturated rings. The quantitative estimate of drug-likeness (QED) is 0.0993. The minimum Gasteiger partial charge on any atom is -0.663 e. The van der Waals surface area contributed by atoms with E-state index in [0.29, 0.717) is 0 Å². The van der Waals surface area contributed by atoms with Gasteiger partial charge in [0.2, 0.25) is 0 Å². The summed E-state index contributed by atoms with van der Waals surface area (Å²) in [4.78, 5) is 30.8. The SMILES string of the molecule is [Cu+2].c1ccc(CCN(CCc2ccccn2)Cc2cccc3cc[n-]c23)nc1.c1ccc(CCN(CCc2ccccn2)Cc2cccc3cc[nH]c23)nc1. The predicted molar refractivity (Wildman–Crippen MR) is 218 cm³/mol. The predicted octanol–water partition coefficient (Wildman–Crippen LogP) is 8.12. The molecule has 0 aliphatic heterocycles. The van der Waals surface area contributed by atoms with E-state index in [2.05, 4.69) is 137 Å². The Bertz CT molecular complexity index is 2010. The van der Waals surface area contributed by atoms with E-state index in [9.17, 15) is 0 Å². The van der Waals surface area contributed by atoms with Crippen LogP contribution in [0, 0.1) is 0 Å². The molecule has 9 heteroatoms. The molecule has 0 bridgehead atoms. The Morgan fingerprint density at radius 2 is 0.909 bits per heavy atom. The van der Waals surface area contributed by atoms with Gasteiger partial charge in [0, 0.05) is 124 Å². The van der Waals surface area contributed by atoms with Crippen LogP contribution in [0.1, 0.15) is 33.9 Å². The number of hydrogen-bond acceptors (Lipinski definition) is 6. The van der Waals surface area contributed by atoms with Crippen LogP contribution >= 0.6 is 0 Å². The van der Waals surface area contributed by atoms with Gasteiger partial charge in [-0.25, -0.2) is 0 Å². The molecular formula is C46H47CuN8+. The fourth-order valence-electron chi connectivity index (χ4n) is 6.80. The number of benzene rings is 2. The van der Waals surface area contributed by atoms with Crippen molar-refractivity contribution in [3.8, 4) is 0 Å². The van der Waals surface area contributed by atoms with Gasteiger partial charge in [0.1, 0.15) is 0 Å². The fraction of sp³-hybridized carbons (Fsp3) is 0.217. The van der Waals surface area contributed by atoms with Crippen molar-refractivity contribution in [2.24, 2.45) is 0 Å². The van der Waals surface area contributed by atoms with Crippen LogP contribution in [0.4, 0.5) is 0 Å². The summed E-state index contributed by atoms with van der Waals surface area (Å²) in [6.07, 6.45) is 15.1. The molecule has 6 heterocycles. The average Bonchev–Trinajstić information content (AvgIpc) is 3.93.